The molecule has 0 N–H and O–H groups in total. The molecule has 2 aromatic carbocycles. The number of aromatic nitrogens is 3. The van der Waals surface area contributed by atoms with Gasteiger partial charge in [0.1, 0.15) is 41.7 Å². The van der Waals surface area contributed by atoms with Gasteiger partial charge in [0, 0.05) is 82.1 Å². The van der Waals surface area contributed by atoms with Gasteiger partial charge in [-0.3, -0.25) is 19.6 Å². The lowest BCUT2D eigenvalue weighted by molar-refractivity contribution is -0.128. The Labute approximate surface area is 322 Å². The first-order valence-electron chi connectivity index (χ1n) is 18.9. The Hall–Kier alpha value is -4.55. The zero-order chi connectivity index (χ0) is 38.1. The van der Waals surface area contributed by atoms with Crippen LogP contribution >= 0.6 is 11.6 Å². The van der Waals surface area contributed by atoms with Gasteiger partial charge in [0.15, 0.2) is 5.82 Å². The van der Waals surface area contributed by atoms with Crippen molar-refractivity contribution >= 4 is 45.0 Å². The monoisotopic (exact) mass is 774 g/mol. The smallest absolute Gasteiger partial charge is 0.319 e. The third-order valence-electron chi connectivity index (χ3n) is 11.4. The molecule has 1 amide bonds. The quantitative estimate of drug-likeness (QED) is 0.151. The van der Waals surface area contributed by atoms with Crippen molar-refractivity contribution in [2.24, 2.45) is 0 Å². The van der Waals surface area contributed by atoms with Gasteiger partial charge in [-0.2, -0.15) is 9.97 Å². The van der Waals surface area contributed by atoms with Crippen molar-refractivity contribution in [3.05, 3.63) is 76.8 Å². The number of carbonyl (C=O) groups is 1. The largest absolute Gasteiger partial charge is 0.461 e. The number of piperazine rings is 1. The Bertz CT molecular complexity index is 2160. The van der Waals surface area contributed by atoms with Crippen LogP contribution in [0.4, 0.5) is 19.0 Å². The first kappa shape index (κ1) is 37.4. The lowest BCUT2D eigenvalue weighted by Gasteiger charge is -2.39. The molecule has 4 aliphatic rings. The van der Waals surface area contributed by atoms with Crippen molar-refractivity contribution in [2.75, 3.05) is 83.6 Å². The minimum Gasteiger partial charge on any atom is -0.461 e. The van der Waals surface area contributed by atoms with E-state index < -0.39 is 29.4 Å². The number of anilines is 1. The zero-order valence-electron chi connectivity index (χ0n) is 30.4. The number of rotatable bonds is 9. The van der Waals surface area contributed by atoms with Crippen LogP contribution in [0.3, 0.4) is 0 Å². The van der Waals surface area contributed by atoms with Gasteiger partial charge in [-0.25, -0.2) is 19.7 Å². The Kier molecular flexibility index (Phi) is 10.8. The molecule has 8 rings (SSSR count). The fourth-order valence-corrected chi connectivity index (χ4v) is 8.92. The number of carbonyl (C=O) groups excluding carboxylic acids is 1. The molecule has 11 nitrogen and oxygen atoms in total. The standard InChI is InChI=1S/C40H42ClF3N8O3/c1-45-21-28-24-50(15-16-52(28)32(53)8-3-12-49-13-5-18-54-19-17-49)38-30-22-46-36(29-7-2-6-26-9-10-31(43)34(41)33(26)29)35(44)37(30)47-39(48-38)55-25-40-11-4-14-51(40)23-27(42)20-40/h2-3,6-10,22,27-28H,4-5,11-21,23-25H2/b8-3+/t27-,28+,40+/m1/s1. The highest BCUT2D eigenvalue weighted by molar-refractivity contribution is 6.36. The third kappa shape index (κ3) is 7.43. The maximum Gasteiger partial charge on any atom is 0.319 e. The highest BCUT2D eigenvalue weighted by Gasteiger charge is 2.49. The molecule has 0 bridgehead atoms. The molecule has 15 heteroatoms. The molecule has 288 valence electrons. The Morgan fingerprint density at radius 1 is 1.09 bits per heavy atom. The third-order valence-corrected chi connectivity index (χ3v) is 11.7. The maximum absolute atomic E-state index is 17.0. The van der Waals surface area contributed by atoms with Gasteiger partial charge in [-0.15, -0.1) is 0 Å². The van der Waals surface area contributed by atoms with E-state index in [0.717, 1.165) is 45.5 Å². The molecule has 3 atom stereocenters. The minimum absolute atomic E-state index is 0.0594. The number of benzene rings is 2. The summed E-state index contributed by atoms with van der Waals surface area (Å²) in [5, 5.41) is 1.10. The molecule has 0 radical (unpaired) electrons. The second-order valence-electron chi connectivity index (χ2n) is 14.8. The Balaban J connectivity index is 1.13. The summed E-state index contributed by atoms with van der Waals surface area (Å²) in [7, 11) is 0. The topological polar surface area (TPSA) is 91.5 Å². The molecule has 0 saturated carbocycles. The van der Waals surface area contributed by atoms with E-state index in [9.17, 15) is 13.6 Å². The molecule has 55 heavy (non-hydrogen) atoms. The van der Waals surface area contributed by atoms with Crippen molar-refractivity contribution in [3.8, 4) is 17.3 Å². The molecule has 2 aromatic heterocycles. The zero-order valence-corrected chi connectivity index (χ0v) is 31.2. The van der Waals surface area contributed by atoms with Gasteiger partial charge in [0.2, 0.25) is 12.5 Å². The Morgan fingerprint density at radius 2 is 1.98 bits per heavy atom. The number of halogens is 4. The minimum atomic E-state index is -0.961. The number of hydrogen-bond donors (Lipinski definition) is 0. The van der Waals surface area contributed by atoms with Crippen LogP contribution in [0, 0.1) is 18.2 Å². The first-order valence-corrected chi connectivity index (χ1v) is 19.2. The number of nitrogens with zero attached hydrogens (tertiary/aromatic N) is 8. The molecule has 6 heterocycles. The fourth-order valence-electron chi connectivity index (χ4n) is 8.65. The van der Waals surface area contributed by atoms with Crippen LogP contribution in [-0.4, -0.2) is 132 Å². The van der Waals surface area contributed by atoms with E-state index in [-0.39, 0.29) is 47.8 Å². The summed E-state index contributed by atoms with van der Waals surface area (Å²) in [6, 6.07) is 7.41. The summed E-state index contributed by atoms with van der Waals surface area (Å²) in [4.78, 5) is 39.0. The van der Waals surface area contributed by atoms with Crippen LogP contribution in [0.1, 0.15) is 25.7 Å². The first-order chi connectivity index (χ1) is 26.7. The van der Waals surface area contributed by atoms with Gasteiger partial charge in [-0.05, 0) is 37.3 Å². The summed E-state index contributed by atoms with van der Waals surface area (Å²) in [6.07, 6.45) is 6.93. The Morgan fingerprint density at radius 3 is 2.85 bits per heavy atom. The average molecular weight is 775 g/mol. The molecule has 0 aliphatic carbocycles. The van der Waals surface area contributed by atoms with E-state index in [2.05, 4.69) is 24.6 Å². The van der Waals surface area contributed by atoms with Crippen molar-refractivity contribution < 1.29 is 27.4 Å². The second kappa shape index (κ2) is 15.9. The predicted octanol–water partition coefficient (Wildman–Crippen LogP) is 5.95. The van der Waals surface area contributed by atoms with Gasteiger partial charge in [0.05, 0.1) is 22.6 Å². The second-order valence-corrected chi connectivity index (χ2v) is 15.2. The number of ether oxygens (including phenoxy) is 2. The summed E-state index contributed by atoms with van der Waals surface area (Å²) in [5.41, 5.74) is -0.332. The van der Waals surface area contributed by atoms with Crippen LogP contribution in [0.2, 0.25) is 5.02 Å². The predicted molar refractivity (Wildman–Crippen MR) is 204 cm³/mol. The number of amides is 1. The highest BCUT2D eigenvalue weighted by atomic mass is 35.5. The number of fused-ring (bicyclic) bond motifs is 3. The molecule has 0 unspecified atom stereocenters. The number of pyridine rings is 1. The number of hydrogen-bond acceptors (Lipinski definition) is 9. The van der Waals surface area contributed by atoms with Crippen molar-refractivity contribution in [1.82, 2.24) is 29.7 Å². The van der Waals surface area contributed by atoms with Gasteiger partial charge >= 0.3 is 6.01 Å². The van der Waals surface area contributed by atoms with Crippen LogP contribution in [0.15, 0.2) is 48.7 Å². The van der Waals surface area contributed by atoms with E-state index in [4.69, 9.17) is 32.6 Å². The molecular weight excluding hydrogens is 733 g/mol. The fraction of sp³-hybridized carbons (Fsp3) is 0.475. The lowest BCUT2D eigenvalue weighted by Crippen LogP contribution is -2.56. The summed E-state index contributed by atoms with van der Waals surface area (Å²) >= 11 is 6.44. The molecular formula is C40H42ClF3N8O3. The van der Waals surface area contributed by atoms with Crippen molar-refractivity contribution in [2.45, 2.75) is 43.4 Å². The lowest BCUT2D eigenvalue weighted by atomic mass is 9.95. The van der Waals surface area contributed by atoms with E-state index >= 15 is 4.39 Å². The van der Waals surface area contributed by atoms with E-state index in [1.807, 2.05) is 11.0 Å². The number of alkyl halides is 1. The SMILES string of the molecule is [C-]#[N+]C[C@H]1CN(c2nc(OC[C@@]34CCCN3C[C@H](F)C4)nc3c(F)c(-c4cccc5ccc(F)c(Cl)c45)ncc23)CCN1C(=O)/C=C/CN1CCCOCC1. The van der Waals surface area contributed by atoms with Gasteiger partial charge in [-0.1, -0.05) is 41.9 Å². The van der Waals surface area contributed by atoms with E-state index in [0.29, 0.717) is 66.7 Å². The van der Waals surface area contributed by atoms with Gasteiger partial charge < -0.3 is 24.1 Å². The summed E-state index contributed by atoms with van der Waals surface area (Å²) in [5.74, 6) is -1.24. The normalized spacial score (nSPS) is 23.8. The van der Waals surface area contributed by atoms with E-state index in [1.165, 1.54) is 12.3 Å². The maximum atomic E-state index is 17.0. The van der Waals surface area contributed by atoms with Crippen LogP contribution in [0.25, 0.3) is 37.8 Å². The molecule has 0 spiro atoms. The highest BCUT2D eigenvalue weighted by Crippen LogP contribution is 2.41. The van der Waals surface area contributed by atoms with Crippen LogP contribution in [-0.2, 0) is 9.53 Å². The molecule has 4 saturated heterocycles. The molecule has 4 aromatic rings. The average Bonchev–Trinajstić information content (AvgIpc) is 3.58. The summed E-state index contributed by atoms with van der Waals surface area (Å²) < 4.78 is 58.1. The van der Waals surface area contributed by atoms with Gasteiger partial charge in [0.25, 0.3) is 0 Å². The van der Waals surface area contributed by atoms with Crippen LogP contribution < -0.4 is 9.64 Å². The van der Waals surface area contributed by atoms with Crippen molar-refractivity contribution in [3.63, 3.8) is 0 Å². The van der Waals surface area contributed by atoms with Crippen molar-refractivity contribution in [1.29, 1.82) is 0 Å². The summed E-state index contributed by atoms with van der Waals surface area (Å²) in [6.45, 7) is 13.6. The van der Waals surface area contributed by atoms with Crippen LogP contribution in [0.5, 0.6) is 6.01 Å². The van der Waals surface area contributed by atoms with E-state index in [1.54, 1.807) is 35.2 Å². The molecule has 4 aliphatic heterocycles. The molecule has 4 fully saturated rings.